The first-order chi connectivity index (χ1) is 8.92. The van der Waals surface area contributed by atoms with E-state index in [0.29, 0.717) is 23.7 Å². The number of hydrogen-bond donors (Lipinski definition) is 3. The second-order valence-electron chi connectivity index (χ2n) is 3.98. The monoisotopic (exact) mass is 266 g/mol. The number of anilines is 2. The van der Waals surface area contributed by atoms with Crippen molar-refractivity contribution in [2.75, 3.05) is 30.3 Å². The van der Waals surface area contributed by atoms with Gasteiger partial charge in [-0.3, -0.25) is 9.59 Å². The third-order valence-corrected chi connectivity index (χ3v) is 2.28. The molecule has 1 aromatic rings. The summed E-state index contributed by atoms with van der Waals surface area (Å²) < 4.78 is 5.35. The van der Waals surface area contributed by atoms with Gasteiger partial charge in [0.2, 0.25) is 11.8 Å². The van der Waals surface area contributed by atoms with Crippen molar-refractivity contribution < 1.29 is 14.3 Å². The lowest BCUT2D eigenvalue weighted by molar-refractivity contribution is -0.117. The summed E-state index contributed by atoms with van der Waals surface area (Å²) in [6.07, 6.45) is 0. The third kappa shape index (κ3) is 4.74. The second kappa shape index (κ2) is 6.48. The second-order valence-corrected chi connectivity index (χ2v) is 3.98. The fourth-order valence-corrected chi connectivity index (χ4v) is 1.65. The molecule has 19 heavy (non-hydrogen) atoms. The molecule has 6 N–H and O–H groups in total. The zero-order valence-electron chi connectivity index (χ0n) is 10.8. The molecule has 0 bridgehead atoms. The molecule has 7 nitrogen and oxygen atoms in total. The van der Waals surface area contributed by atoms with Crippen LogP contribution in [0.4, 0.5) is 11.4 Å². The van der Waals surface area contributed by atoms with Gasteiger partial charge in [0.1, 0.15) is 5.75 Å². The lowest BCUT2D eigenvalue weighted by Gasteiger charge is -2.22. The van der Waals surface area contributed by atoms with Crippen LogP contribution in [0.1, 0.15) is 6.92 Å². The molecule has 7 heteroatoms. The van der Waals surface area contributed by atoms with Crippen LogP contribution in [-0.4, -0.2) is 31.5 Å². The molecular weight excluding hydrogens is 248 g/mol. The third-order valence-electron chi connectivity index (χ3n) is 2.28. The van der Waals surface area contributed by atoms with Crippen LogP contribution in [-0.2, 0) is 9.59 Å². The van der Waals surface area contributed by atoms with Gasteiger partial charge in [-0.15, -0.1) is 0 Å². The average molecular weight is 266 g/mol. The Kier molecular flexibility index (Phi) is 4.99. The number of nitrogens with zero attached hydrogens (tertiary/aromatic N) is 1. The maximum atomic E-state index is 11.0. The Morgan fingerprint density at radius 2 is 1.74 bits per heavy atom. The first-order valence-corrected chi connectivity index (χ1v) is 5.77. The molecule has 1 aromatic carbocycles. The van der Waals surface area contributed by atoms with Gasteiger partial charge in [-0.1, -0.05) is 0 Å². The van der Waals surface area contributed by atoms with Crippen LogP contribution in [0.2, 0.25) is 0 Å². The molecule has 2 amide bonds. The van der Waals surface area contributed by atoms with E-state index in [1.165, 1.54) is 4.90 Å². The first kappa shape index (κ1) is 14.6. The number of nitrogen functional groups attached to an aromatic ring is 1. The summed E-state index contributed by atoms with van der Waals surface area (Å²) in [5.74, 6) is -0.584. The minimum atomic E-state index is -0.568. The van der Waals surface area contributed by atoms with Crippen LogP contribution in [0.15, 0.2) is 18.2 Å². The van der Waals surface area contributed by atoms with Gasteiger partial charge in [0, 0.05) is 23.5 Å². The Morgan fingerprint density at radius 1 is 1.16 bits per heavy atom. The molecule has 0 saturated heterocycles. The van der Waals surface area contributed by atoms with Gasteiger partial charge in [0.05, 0.1) is 19.7 Å². The van der Waals surface area contributed by atoms with E-state index >= 15 is 0 Å². The number of hydrogen-bond acceptors (Lipinski definition) is 5. The van der Waals surface area contributed by atoms with E-state index in [1.807, 2.05) is 6.92 Å². The zero-order chi connectivity index (χ0) is 14.4. The van der Waals surface area contributed by atoms with Crippen LogP contribution < -0.4 is 26.8 Å². The summed E-state index contributed by atoms with van der Waals surface area (Å²) in [5.41, 5.74) is 17.1. The van der Waals surface area contributed by atoms with E-state index in [0.717, 1.165) is 0 Å². The summed E-state index contributed by atoms with van der Waals surface area (Å²) in [6, 6.07) is 4.94. The van der Waals surface area contributed by atoms with Gasteiger partial charge in [0.25, 0.3) is 0 Å². The summed E-state index contributed by atoms with van der Waals surface area (Å²) in [4.78, 5) is 23.5. The summed E-state index contributed by atoms with van der Waals surface area (Å²) in [5, 5.41) is 0. The Balaban J connectivity index is 3.05. The largest absolute Gasteiger partial charge is 0.494 e. The van der Waals surface area contributed by atoms with Gasteiger partial charge in [0.15, 0.2) is 0 Å². The molecule has 0 fully saturated rings. The number of primary amides is 2. The number of carbonyl (C=O) groups is 2. The predicted octanol–water partition coefficient (Wildman–Crippen LogP) is -0.555. The molecule has 104 valence electrons. The molecule has 0 atom stereocenters. The molecule has 0 aliphatic rings. The fraction of sp³-hybridized carbons (Fsp3) is 0.333. The maximum absolute atomic E-state index is 11.0. The molecule has 0 saturated carbocycles. The molecular formula is C12H18N4O3. The maximum Gasteiger partial charge on any atom is 0.236 e. The van der Waals surface area contributed by atoms with Crippen molar-refractivity contribution in [2.24, 2.45) is 11.5 Å². The van der Waals surface area contributed by atoms with Crippen LogP contribution in [0.3, 0.4) is 0 Å². The quantitative estimate of drug-likeness (QED) is 0.571. The highest BCUT2D eigenvalue weighted by Gasteiger charge is 2.13. The van der Waals surface area contributed by atoms with Crippen molar-refractivity contribution in [3.63, 3.8) is 0 Å². The van der Waals surface area contributed by atoms with Crippen molar-refractivity contribution in [3.8, 4) is 5.75 Å². The zero-order valence-corrected chi connectivity index (χ0v) is 10.8. The summed E-state index contributed by atoms with van der Waals surface area (Å²) >= 11 is 0. The van der Waals surface area contributed by atoms with Crippen LogP contribution >= 0.6 is 0 Å². The normalized spacial score (nSPS) is 9.95. The van der Waals surface area contributed by atoms with E-state index < -0.39 is 11.8 Å². The number of carbonyl (C=O) groups excluding carboxylic acids is 2. The standard InChI is InChI=1S/C12H18N4O3/c1-2-19-10-4-8(13)3-9(5-10)16(6-11(14)17)7-12(15)18/h3-5H,2,6-7,13H2,1H3,(H2,14,17)(H2,15,18). The Hall–Kier alpha value is -2.44. The number of nitrogens with two attached hydrogens (primary N) is 3. The van der Waals surface area contributed by atoms with Crippen molar-refractivity contribution in [1.29, 1.82) is 0 Å². The van der Waals surface area contributed by atoms with Crippen LogP contribution in [0.25, 0.3) is 0 Å². The Morgan fingerprint density at radius 3 is 2.21 bits per heavy atom. The van der Waals surface area contributed by atoms with E-state index in [4.69, 9.17) is 21.9 Å². The van der Waals surface area contributed by atoms with Crippen molar-refractivity contribution in [3.05, 3.63) is 18.2 Å². The minimum Gasteiger partial charge on any atom is -0.494 e. The number of ether oxygens (including phenoxy) is 1. The van der Waals surface area contributed by atoms with Crippen molar-refractivity contribution in [2.45, 2.75) is 6.92 Å². The molecule has 0 spiro atoms. The molecule has 0 radical (unpaired) electrons. The minimum absolute atomic E-state index is 0.127. The topological polar surface area (TPSA) is 125 Å². The SMILES string of the molecule is CCOc1cc(N)cc(N(CC(N)=O)CC(N)=O)c1. The van der Waals surface area contributed by atoms with Crippen molar-refractivity contribution in [1.82, 2.24) is 0 Å². The highest BCUT2D eigenvalue weighted by Crippen LogP contribution is 2.25. The Bertz CT molecular complexity index is 460. The highest BCUT2D eigenvalue weighted by molar-refractivity contribution is 5.85. The smallest absolute Gasteiger partial charge is 0.236 e. The van der Waals surface area contributed by atoms with Gasteiger partial charge in [-0.2, -0.15) is 0 Å². The fourth-order valence-electron chi connectivity index (χ4n) is 1.65. The lowest BCUT2D eigenvalue weighted by Crippen LogP contribution is -2.39. The molecule has 0 heterocycles. The molecule has 0 unspecified atom stereocenters. The first-order valence-electron chi connectivity index (χ1n) is 5.77. The molecule has 1 rings (SSSR count). The van der Waals surface area contributed by atoms with Gasteiger partial charge in [-0.25, -0.2) is 0 Å². The summed E-state index contributed by atoms with van der Waals surface area (Å²) in [7, 11) is 0. The van der Waals surface area contributed by atoms with Crippen LogP contribution in [0.5, 0.6) is 5.75 Å². The van der Waals surface area contributed by atoms with Gasteiger partial charge >= 0.3 is 0 Å². The van der Waals surface area contributed by atoms with Gasteiger partial charge in [-0.05, 0) is 13.0 Å². The number of rotatable bonds is 7. The number of benzene rings is 1. The van der Waals surface area contributed by atoms with E-state index in [2.05, 4.69) is 0 Å². The lowest BCUT2D eigenvalue weighted by atomic mass is 10.2. The molecule has 0 aliphatic carbocycles. The predicted molar refractivity (Wildman–Crippen MR) is 72.6 cm³/mol. The van der Waals surface area contributed by atoms with E-state index in [-0.39, 0.29) is 13.1 Å². The van der Waals surface area contributed by atoms with Gasteiger partial charge < -0.3 is 26.8 Å². The van der Waals surface area contributed by atoms with Crippen LogP contribution in [0, 0.1) is 0 Å². The highest BCUT2D eigenvalue weighted by atomic mass is 16.5. The molecule has 0 aliphatic heterocycles. The van der Waals surface area contributed by atoms with E-state index in [9.17, 15) is 9.59 Å². The summed E-state index contributed by atoms with van der Waals surface area (Å²) in [6.45, 7) is 2.07. The Labute approximate surface area is 111 Å². The number of amides is 2. The van der Waals surface area contributed by atoms with E-state index in [1.54, 1.807) is 18.2 Å². The molecule has 0 aromatic heterocycles. The van der Waals surface area contributed by atoms with Crippen molar-refractivity contribution >= 4 is 23.2 Å². The average Bonchev–Trinajstić information content (AvgIpc) is 2.26.